The molecule has 4 rings (SSSR count). The molecule has 4 heterocycles. The molecule has 0 aromatic heterocycles. The number of carbonyl (C=O) groups is 2. The van der Waals surface area contributed by atoms with E-state index < -0.39 is 70.9 Å². The molecule has 0 radical (unpaired) electrons. The summed E-state index contributed by atoms with van der Waals surface area (Å²) in [5.41, 5.74) is 0. The van der Waals surface area contributed by atoms with Gasteiger partial charge in [-0.1, -0.05) is 0 Å². The summed E-state index contributed by atoms with van der Waals surface area (Å²) in [5, 5.41) is 19.1. The second kappa shape index (κ2) is 9.35. The Hall–Kier alpha value is -2.82. The zero-order valence-electron chi connectivity index (χ0n) is 16.5. The van der Waals surface area contributed by atoms with Crippen molar-refractivity contribution in [1.29, 1.82) is 0 Å². The molecule has 0 N–H and O–H groups in total. The maximum Gasteiger partial charge on any atom is 0.306 e. The van der Waals surface area contributed by atoms with Crippen LogP contribution in [0.1, 0.15) is 12.8 Å². The summed E-state index contributed by atoms with van der Waals surface area (Å²) in [7, 11) is 0. The molecule has 0 unspecified atom stereocenters. The lowest BCUT2D eigenvalue weighted by atomic mass is 10.1. The van der Waals surface area contributed by atoms with E-state index in [0.717, 1.165) is 0 Å². The van der Waals surface area contributed by atoms with Crippen LogP contribution in [0, 0.1) is 20.2 Å². The summed E-state index contributed by atoms with van der Waals surface area (Å²) in [6, 6.07) is 0. The van der Waals surface area contributed by atoms with Crippen LogP contribution in [0.4, 0.5) is 0 Å². The van der Waals surface area contributed by atoms with Crippen LogP contribution in [0.5, 0.6) is 0 Å². The molecule has 32 heavy (non-hydrogen) atoms. The van der Waals surface area contributed by atoms with E-state index in [1.807, 2.05) is 0 Å². The minimum absolute atomic E-state index is 0.0176. The highest BCUT2D eigenvalue weighted by molar-refractivity contribution is 5.77. The maximum atomic E-state index is 12.1. The summed E-state index contributed by atoms with van der Waals surface area (Å²) in [4.78, 5) is 54.2. The van der Waals surface area contributed by atoms with Gasteiger partial charge >= 0.3 is 11.9 Å². The number of rotatable bonds is 9. The molecule has 4 saturated heterocycles. The second-order valence-corrected chi connectivity index (χ2v) is 7.48. The second-order valence-electron chi connectivity index (χ2n) is 7.48. The molecule has 0 spiro atoms. The zero-order chi connectivity index (χ0) is 22.8. The first-order valence-corrected chi connectivity index (χ1v) is 9.79. The van der Waals surface area contributed by atoms with Gasteiger partial charge in [-0.05, 0) is 0 Å². The molecule has 178 valence electrons. The van der Waals surface area contributed by atoms with Gasteiger partial charge < -0.3 is 38.1 Å². The third-order valence-electron chi connectivity index (χ3n) is 5.47. The Bertz CT molecular complexity index is 701. The van der Waals surface area contributed by atoms with Crippen molar-refractivity contribution in [2.45, 2.75) is 61.7 Å². The zero-order valence-corrected chi connectivity index (χ0v) is 16.5. The Morgan fingerprint density at radius 1 is 0.656 bits per heavy atom. The lowest BCUT2D eigenvalue weighted by Gasteiger charge is -2.18. The van der Waals surface area contributed by atoms with Crippen LogP contribution in [0.25, 0.3) is 0 Å². The lowest BCUT2D eigenvalue weighted by molar-refractivity contribution is -0.769. The van der Waals surface area contributed by atoms with Gasteiger partial charge in [-0.2, -0.15) is 0 Å². The minimum atomic E-state index is -0.936. The number of carbonyl (C=O) groups excluding carboxylic acids is 2. The van der Waals surface area contributed by atoms with Gasteiger partial charge in [0.05, 0.1) is 39.3 Å². The predicted molar refractivity (Wildman–Crippen MR) is 91.7 cm³/mol. The fourth-order valence-electron chi connectivity index (χ4n) is 4.12. The summed E-state index contributed by atoms with van der Waals surface area (Å²) < 4.78 is 32.1. The Kier molecular flexibility index (Phi) is 6.54. The molecule has 0 aromatic rings. The summed E-state index contributed by atoms with van der Waals surface area (Å²) in [6.45, 7) is -0.178. The van der Waals surface area contributed by atoms with Crippen molar-refractivity contribution < 1.29 is 57.9 Å². The third kappa shape index (κ3) is 4.82. The fraction of sp³-hybridized carbons (Fsp3) is 0.875. The van der Waals surface area contributed by atoms with E-state index in [-0.39, 0.29) is 39.3 Å². The van der Waals surface area contributed by atoms with Crippen LogP contribution < -0.4 is 0 Å². The average molecular weight is 464 g/mol. The van der Waals surface area contributed by atoms with Crippen LogP contribution in [0.2, 0.25) is 0 Å². The summed E-state index contributed by atoms with van der Waals surface area (Å²) in [6.07, 6.45) is -6.78. The number of ether oxygens (including phenoxy) is 6. The molecule has 8 atom stereocenters. The number of fused-ring (bicyclic) bond motifs is 2. The quantitative estimate of drug-likeness (QED) is 0.214. The molecule has 0 aliphatic carbocycles. The normalized spacial score (nSPS) is 37.4. The monoisotopic (exact) mass is 464 g/mol. The van der Waals surface area contributed by atoms with Gasteiger partial charge in [0.25, 0.3) is 10.2 Å². The van der Waals surface area contributed by atoms with Crippen molar-refractivity contribution in [3.63, 3.8) is 0 Å². The van der Waals surface area contributed by atoms with Crippen molar-refractivity contribution in [1.82, 2.24) is 0 Å². The molecule has 16 heteroatoms. The van der Waals surface area contributed by atoms with Gasteiger partial charge in [-0.25, -0.2) is 0 Å². The summed E-state index contributed by atoms with van der Waals surface area (Å²) in [5.74, 6) is -1.40. The van der Waals surface area contributed by atoms with Gasteiger partial charge in [-0.15, -0.1) is 20.2 Å². The van der Waals surface area contributed by atoms with Crippen LogP contribution in [0.15, 0.2) is 0 Å². The van der Waals surface area contributed by atoms with Gasteiger partial charge in [-0.3, -0.25) is 9.59 Å². The van der Waals surface area contributed by atoms with Crippen molar-refractivity contribution in [2.24, 2.45) is 0 Å². The molecule has 4 aliphatic heterocycles. The van der Waals surface area contributed by atoms with Gasteiger partial charge in [0.2, 0.25) is 0 Å². The van der Waals surface area contributed by atoms with E-state index in [2.05, 4.69) is 9.68 Å². The fourth-order valence-corrected chi connectivity index (χ4v) is 4.12. The van der Waals surface area contributed by atoms with E-state index in [1.54, 1.807) is 0 Å². The molecule has 0 aromatic carbocycles. The lowest BCUT2D eigenvalue weighted by Crippen LogP contribution is -2.36. The molecule has 0 amide bonds. The Morgan fingerprint density at radius 3 is 1.31 bits per heavy atom. The van der Waals surface area contributed by atoms with E-state index in [9.17, 15) is 29.8 Å². The standard InChI is InChI=1S/C16H20N2O14/c19-11(29-7-3-25-15-9(31-17(21)22)5-27-13(7)15)1-2-12(20)30-8-4-26-16-10(32-18(23)24)6-28-14(8)16/h7-10,13-16H,1-6H2/t7-,8-,9+,10+,13+,14+,15+,16+/m0/s1. The summed E-state index contributed by atoms with van der Waals surface area (Å²) >= 11 is 0. The van der Waals surface area contributed by atoms with Crippen molar-refractivity contribution >= 4 is 11.9 Å². The van der Waals surface area contributed by atoms with E-state index in [4.69, 9.17) is 28.4 Å². The molecule has 0 saturated carbocycles. The topological polar surface area (TPSA) is 194 Å². The Labute approximate surface area is 179 Å². The molecule has 4 fully saturated rings. The molecule has 4 aliphatic rings. The van der Waals surface area contributed by atoms with Crippen molar-refractivity contribution in [3.8, 4) is 0 Å². The van der Waals surface area contributed by atoms with Crippen LogP contribution in [0.3, 0.4) is 0 Å². The van der Waals surface area contributed by atoms with Crippen LogP contribution in [-0.2, 0) is 47.7 Å². The highest BCUT2D eigenvalue weighted by Gasteiger charge is 2.52. The number of nitrogens with zero attached hydrogens (tertiary/aromatic N) is 2. The minimum Gasteiger partial charge on any atom is -0.457 e. The van der Waals surface area contributed by atoms with Crippen molar-refractivity contribution in [2.75, 3.05) is 26.4 Å². The first kappa shape index (κ1) is 22.4. The highest BCUT2D eigenvalue weighted by Crippen LogP contribution is 2.32. The molecule has 0 bridgehead atoms. The predicted octanol–water partition coefficient (Wildman–Crippen LogP) is -1.66. The SMILES string of the molecule is O=C(CCC(=O)O[C@H]1CO[C@H]2[C@@H]1OC[C@H]2O[N+](=O)[O-])O[C@H]1CO[C@H]2[C@@H]1OC[C@H]2O[N+](=O)[O-]. The average Bonchev–Trinajstić information content (AvgIpc) is 3.47. The Balaban J connectivity index is 1.17. The molecular weight excluding hydrogens is 444 g/mol. The van der Waals surface area contributed by atoms with Gasteiger partial charge in [0.15, 0.2) is 24.4 Å². The van der Waals surface area contributed by atoms with E-state index in [1.165, 1.54) is 0 Å². The third-order valence-corrected chi connectivity index (χ3v) is 5.47. The van der Waals surface area contributed by atoms with Crippen molar-refractivity contribution in [3.05, 3.63) is 20.2 Å². The van der Waals surface area contributed by atoms with E-state index in [0.29, 0.717) is 0 Å². The number of hydrogen-bond donors (Lipinski definition) is 0. The maximum absolute atomic E-state index is 12.1. The van der Waals surface area contributed by atoms with Crippen LogP contribution >= 0.6 is 0 Å². The van der Waals surface area contributed by atoms with Gasteiger partial charge in [0, 0.05) is 0 Å². The smallest absolute Gasteiger partial charge is 0.306 e. The largest absolute Gasteiger partial charge is 0.457 e. The first-order chi connectivity index (χ1) is 15.3. The Morgan fingerprint density at radius 2 is 0.969 bits per heavy atom. The molecule has 16 nitrogen and oxygen atoms in total. The van der Waals surface area contributed by atoms with Crippen LogP contribution in [-0.4, -0.2) is 97.4 Å². The first-order valence-electron chi connectivity index (χ1n) is 9.79. The van der Waals surface area contributed by atoms with Gasteiger partial charge in [0.1, 0.15) is 24.4 Å². The number of hydrogen-bond acceptors (Lipinski definition) is 14. The molecular formula is C16H20N2O14. The number of esters is 2. The highest BCUT2D eigenvalue weighted by atomic mass is 17.0. The van der Waals surface area contributed by atoms with E-state index >= 15 is 0 Å².